The molecule has 0 saturated carbocycles. The molecular formula is C24H24N4O3S. The number of pyridine rings is 1. The smallest absolute Gasteiger partial charge is 0.269 e. The summed E-state index contributed by atoms with van der Waals surface area (Å²) < 4.78 is 12.4. The molecule has 1 amide bonds. The molecule has 0 aliphatic heterocycles. The number of ether oxygens (including phenoxy) is 2. The summed E-state index contributed by atoms with van der Waals surface area (Å²) in [6, 6.07) is 19.5. The van der Waals surface area contributed by atoms with E-state index in [-0.39, 0.29) is 11.9 Å². The molecule has 2 N–H and O–H groups in total. The molecule has 2 aromatic heterocycles. The number of methoxy groups -OCH3 is 1. The fraction of sp³-hybridized carbons (Fsp3) is 0.208. The molecular weight excluding hydrogens is 424 g/mol. The summed E-state index contributed by atoms with van der Waals surface area (Å²) in [4.78, 5) is 20.6. The van der Waals surface area contributed by atoms with Crippen LogP contribution in [0.3, 0.4) is 0 Å². The molecule has 2 aromatic carbocycles. The molecule has 0 fully saturated rings. The number of rotatable bonds is 9. The highest BCUT2D eigenvalue weighted by Crippen LogP contribution is 2.31. The quantitative estimate of drug-likeness (QED) is 0.392. The number of hydrogen-bond acceptors (Lipinski definition) is 7. The van der Waals surface area contributed by atoms with Gasteiger partial charge in [-0.2, -0.15) is 0 Å². The molecule has 0 aliphatic rings. The van der Waals surface area contributed by atoms with Crippen molar-refractivity contribution in [2.24, 2.45) is 0 Å². The van der Waals surface area contributed by atoms with E-state index in [1.807, 2.05) is 36.4 Å². The highest BCUT2D eigenvalue weighted by Gasteiger charge is 2.13. The fourth-order valence-corrected chi connectivity index (χ4v) is 4.29. The Kier molecular flexibility index (Phi) is 6.94. The van der Waals surface area contributed by atoms with Crippen LogP contribution >= 0.6 is 11.3 Å². The lowest BCUT2D eigenvalue weighted by Crippen LogP contribution is -2.27. The van der Waals surface area contributed by atoms with E-state index in [9.17, 15) is 4.79 Å². The van der Waals surface area contributed by atoms with Crippen molar-refractivity contribution < 1.29 is 14.3 Å². The monoisotopic (exact) mass is 448 g/mol. The van der Waals surface area contributed by atoms with Crippen LogP contribution in [0.2, 0.25) is 0 Å². The Balaban J connectivity index is 1.49. The van der Waals surface area contributed by atoms with Gasteiger partial charge in [0, 0.05) is 32.5 Å². The Morgan fingerprint density at radius 1 is 1.09 bits per heavy atom. The first-order valence-electron chi connectivity index (χ1n) is 10.2. The van der Waals surface area contributed by atoms with E-state index in [0.29, 0.717) is 23.8 Å². The summed E-state index contributed by atoms with van der Waals surface area (Å²) in [6.45, 7) is 0.578. The number of anilines is 1. The van der Waals surface area contributed by atoms with E-state index >= 15 is 0 Å². The average Bonchev–Trinajstić information content (AvgIpc) is 3.21. The second kappa shape index (κ2) is 10.2. The molecule has 32 heavy (non-hydrogen) atoms. The number of benzene rings is 2. The van der Waals surface area contributed by atoms with Gasteiger partial charge in [-0.15, -0.1) is 0 Å². The van der Waals surface area contributed by atoms with Crippen molar-refractivity contribution >= 4 is 32.6 Å². The van der Waals surface area contributed by atoms with Crippen molar-refractivity contribution in [2.45, 2.75) is 12.5 Å². The van der Waals surface area contributed by atoms with Gasteiger partial charge in [0.2, 0.25) is 0 Å². The maximum Gasteiger partial charge on any atom is 0.269 e. The van der Waals surface area contributed by atoms with E-state index in [0.717, 1.165) is 21.8 Å². The van der Waals surface area contributed by atoms with Crippen molar-refractivity contribution in [3.05, 3.63) is 78.1 Å². The number of fused-ring (bicyclic) bond motifs is 1. The third-order valence-corrected chi connectivity index (χ3v) is 5.76. The zero-order valence-corrected chi connectivity index (χ0v) is 18.7. The molecule has 4 aromatic rings. The van der Waals surface area contributed by atoms with E-state index < -0.39 is 0 Å². The van der Waals surface area contributed by atoms with Crippen LogP contribution in [-0.2, 0) is 11.2 Å². The summed E-state index contributed by atoms with van der Waals surface area (Å²) in [5.41, 5.74) is 2.44. The van der Waals surface area contributed by atoms with Gasteiger partial charge in [-0.25, -0.2) is 4.98 Å². The Morgan fingerprint density at radius 2 is 1.91 bits per heavy atom. The van der Waals surface area contributed by atoms with Crippen molar-refractivity contribution in [1.82, 2.24) is 15.3 Å². The number of carbonyl (C=O) groups excluding carboxylic acids is 1. The number of nitrogens with one attached hydrogen (secondary N) is 2. The number of thiazole rings is 1. The van der Waals surface area contributed by atoms with Crippen LogP contribution in [0, 0.1) is 0 Å². The largest absolute Gasteiger partial charge is 0.457 e. The standard InChI is InChI=1S/C24H24N4O3S/c1-25-23(29)21-13-19(10-11-26-21)31-18-8-9-20-22(14-18)32-24(28-20)27-17(15-30-2)12-16-6-4-3-5-7-16/h3-11,13-14,17H,12,15H2,1-2H3,(H,25,29)(H,27,28)/t17-/m1/s1. The first-order chi connectivity index (χ1) is 15.6. The van der Waals surface area contributed by atoms with E-state index in [1.54, 1.807) is 43.8 Å². The number of hydrogen-bond donors (Lipinski definition) is 2. The van der Waals surface area contributed by atoms with Crippen LogP contribution in [0.1, 0.15) is 16.1 Å². The average molecular weight is 449 g/mol. The van der Waals surface area contributed by atoms with Gasteiger partial charge in [-0.05, 0) is 30.2 Å². The first-order valence-corrected chi connectivity index (χ1v) is 11.0. The zero-order chi connectivity index (χ0) is 22.3. The van der Waals surface area contributed by atoms with E-state index in [4.69, 9.17) is 14.5 Å². The van der Waals surface area contributed by atoms with Gasteiger partial charge in [-0.1, -0.05) is 41.7 Å². The SMILES string of the molecule is CNC(=O)c1cc(Oc2ccc3nc(N[C@@H](COC)Cc4ccccc4)sc3c2)ccn1. The van der Waals surface area contributed by atoms with Gasteiger partial charge >= 0.3 is 0 Å². The predicted molar refractivity (Wildman–Crippen MR) is 127 cm³/mol. The lowest BCUT2D eigenvalue weighted by Gasteiger charge is -2.17. The number of carbonyl (C=O) groups is 1. The Morgan fingerprint density at radius 3 is 2.69 bits per heavy atom. The first kappa shape index (κ1) is 21.7. The molecule has 0 radical (unpaired) electrons. The molecule has 0 aliphatic carbocycles. The topological polar surface area (TPSA) is 85.4 Å². The second-order valence-electron chi connectivity index (χ2n) is 7.19. The lowest BCUT2D eigenvalue weighted by molar-refractivity contribution is 0.0958. The lowest BCUT2D eigenvalue weighted by atomic mass is 10.1. The minimum atomic E-state index is -0.259. The summed E-state index contributed by atoms with van der Waals surface area (Å²) in [7, 11) is 3.27. The van der Waals surface area contributed by atoms with Crippen LogP contribution < -0.4 is 15.4 Å². The molecule has 0 unspecified atom stereocenters. The molecule has 4 rings (SSSR count). The summed E-state index contributed by atoms with van der Waals surface area (Å²) >= 11 is 1.56. The molecule has 8 heteroatoms. The third kappa shape index (κ3) is 5.40. The molecule has 0 saturated heterocycles. The van der Waals surface area contributed by atoms with Crippen molar-refractivity contribution in [3.63, 3.8) is 0 Å². The number of aromatic nitrogens is 2. The minimum Gasteiger partial charge on any atom is -0.457 e. The molecule has 0 spiro atoms. The van der Waals surface area contributed by atoms with Gasteiger partial charge in [0.05, 0.1) is 22.9 Å². The summed E-state index contributed by atoms with van der Waals surface area (Å²) in [5, 5.41) is 6.90. The van der Waals surface area contributed by atoms with Gasteiger partial charge in [0.1, 0.15) is 17.2 Å². The molecule has 2 heterocycles. The van der Waals surface area contributed by atoms with Crippen LogP contribution in [0.4, 0.5) is 5.13 Å². The maximum absolute atomic E-state index is 11.8. The van der Waals surface area contributed by atoms with Gasteiger partial charge in [-0.3, -0.25) is 9.78 Å². The van der Waals surface area contributed by atoms with Crippen molar-refractivity contribution in [3.8, 4) is 11.5 Å². The fourth-order valence-electron chi connectivity index (χ4n) is 3.32. The van der Waals surface area contributed by atoms with Crippen LogP contribution in [-0.4, -0.2) is 42.7 Å². The predicted octanol–water partition coefficient (Wildman–Crippen LogP) is 4.51. The highest BCUT2D eigenvalue weighted by molar-refractivity contribution is 7.22. The molecule has 164 valence electrons. The van der Waals surface area contributed by atoms with Gasteiger partial charge in [0.25, 0.3) is 5.91 Å². The molecule has 0 bridgehead atoms. The molecule has 7 nitrogen and oxygen atoms in total. The van der Waals surface area contributed by atoms with Gasteiger partial charge in [0.15, 0.2) is 5.13 Å². The van der Waals surface area contributed by atoms with Crippen LogP contribution in [0.5, 0.6) is 11.5 Å². The zero-order valence-electron chi connectivity index (χ0n) is 17.9. The van der Waals surface area contributed by atoms with Crippen molar-refractivity contribution in [1.29, 1.82) is 0 Å². The Hall–Kier alpha value is -3.49. The number of amides is 1. The van der Waals surface area contributed by atoms with Crippen LogP contribution in [0.15, 0.2) is 66.9 Å². The summed E-state index contributed by atoms with van der Waals surface area (Å²) in [6.07, 6.45) is 2.39. The normalized spacial score (nSPS) is 11.8. The summed E-state index contributed by atoms with van der Waals surface area (Å²) in [5.74, 6) is 0.952. The van der Waals surface area contributed by atoms with Crippen molar-refractivity contribution in [2.75, 3.05) is 26.1 Å². The minimum absolute atomic E-state index is 0.110. The third-order valence-electron chi connectivity index (χ3n) is 4.81. The highest BCUT2D eigenvalue weighted by atomic mass is 32.1. The van der Waals surface area contributed by atoms with Gasteiger partial charge < -0.3 is 20.1 Å². The molecule has 1 atom stereocenters. The van der Waals surface area contributed by atoms with E-state index in [1.165, 1.54) is 5.56 Å². The maximum atomic E-state index is 11.8. The second-order valence-corrected chi connectivity index (χ2v) is 8.22. The Bertz CT molecular complexity index is 1200. The van der Waals surface area contributed by atoms with E-state index in [2.05, 4.69) is 27.8 Å². The number of nitrogens with zero attached hydrogens (tertiary/aromatic N) is 2. The van der Waals surface area contributed by atoms with Crippen LogP contribution in [0.25, 0.3) is 10.2 Å². The Labute approximate surface area is 190 Å².